The lowest BCUT2D eigenvalue weighted by Gasteiger charge is -2.38. The molecule has 0 bridgehead atoms. The van der Waals surface area contributed by atoms with Gasteiger partial charge in [0, 0.05) is 19.8 Å². The number of carboxylic acid groups (broad SMARTS) is 1. The van der Waals surface area contributed by atoms with E-state index in [0.29, 0.717) is 11.8 Å². The van der Waals surface area contributed by atoms with Gasteiger partial charge in [-0.3, -0.25) is 4.79 Å². The quantitative estimate of drug-likeness (QED) is 0.289. The molecule has 3 atom stereocenters. The summed E-state index contributed by atoms with van der Waals surface area (Å²) in [5.74, 6) is 0.695. The van der Waals surface area contributed by atoms with Crippen LogP contribution in [-0.4, -0.2) is 44.0 Å². The molecule has 0 aromatic heterocycles. The average molecular weight is 395 g/mol. The molecule has 0 unspecified atom stereocenters. The van der Waals surface area contributed by atoms with E-state index in [1.54, 1.807) is 0 Å². The Morgan fingerprint density at radius 2 is 1.93 bits per heavy atom. The maximum absolute atomic E-state index is 11.4. The molecule has 1 saturated carbocycles. The number of hydrazone groups is 1. The van der Waals surface area contributed by atoms with Crippen molar-refractivity contribution in [2.45, 2.75) is 84.9 Å². The molecule has 0 amide bonds. The van der Waals surface area contributed by atoms with Gasteiger partial charge in [-0.2, -0.15) is 5.10 Å². The highest BCUT2D eigenvalue weighted by Gasteiger charge is 2.34. The number of rotatable bonds is 10. The van der Waals surface area contributed by atoms with E-state index in [1.807, 2.05) is 19.1 Å². The van der Waals surface area contributed by atoms with Crippen LogP contribution in [0, 0.1) is 17.8 Å². The van der Waals surface area contributed by atoms with Gasteiger partial charge in [0.1, 0.15) is 0 Å². The van der Waals surface area contributed by atoms with E-state index in [0.717, 1.165) is 32.1 Å². The Morgan fingerprint density at radius 1 is 1.26 bits per heavy atom. The normalized spacial score (nSPS) is 25.7. The predicted octanol–water partition coefficient (Wildman–Crippen LogP) is 5.82. The fraction of sp³-hybridized carbons (Fsp3) is 0.818. The largest absolute Gasteiger partial charge is 0.481 e. The van der Waals surface area contributed by atoms with Crippen LogP contribution in [0.15, 0.2) is 16.4 Å². The van der Waals surface area contributed by atoms with Gasteiger partial charge in [0.05, 0.1) is 14.5 Å². The first-order valence-corrected chi connectivity index (χ1v) is 14.3. The van der Waals surface area contributed by atoms with Crippen molar-refractivity contribution < 1.29 is 9.90 Å². The summed E-state index contributed by atoms with van der Waals surface area (Å²) < 4.78 is 0. The van der Waals surface area contributed by atoms with Gasteiger partial charge in [0.25, 0.3) is 0 Å². The van der Waals surface area contributed by atoms with Crippen LogP contribution in [0.1, 0.15) is 65.2 Å². The van der Waals surface area contributed by atoms with E-state index < -0.39 is 14.0 Å². The smallest absolute Gasteiger partial charge is 0.303 e. The van der Waals surface area contributed by atoms with Crippen LogP contribution in [-0.2, 0) is 4.79 Å². The molecular weight excluding hydrogens is 352 g/mol. The third kappa shape index (κ3) is 9.09. The second kappa shape index (κ2) is 11.0. The SMILES string of the molecule is CCCC/C(CC[C@@H]1/C(=C\[Si](C)(C)C)[C@H](CC(=O)O)CC[C@H]1C)=N\N(C)C. The second-order valence-corrected chi connectivity index (χ2v) is 14.6. The van der Waals surface area contributed by atoms with Crippen molar-refractivity contribution in [3.05, 3.63) is 11.3 Å². The third-order valence-corrected chi connectivity index (χ3v) is 6.68. The summed E-state index contributed by atoms with van der Waals surface area (Å²) in [5.41, 5.74) is 5.26. The lowest BCUT2D eigenvalue weighted by atomic mass is 9.69. The van der Waals surface area contributed by atoms with Crippen molar-refractivity contribution in [1.82, 2.24) is 5.01 Å². The minimum atomic E-state index is -1.41. The molecule has 0 spiro atoms. The lowest BCUT2D eigenvalue weighted by molar-refractivity contribution is -0.138. The Balaban J connectivity index is 3.03. The van der Waals surface area contributed by atoms with Crippen LogP contribution in [0.5, 0.6) is 0 Å². The minimum Gasteiger partial charge on any atom is -0.481 e. The molecule has 0 aliphatic heterocycles. The molecule has 27 heavy (non-hydrogen) atoms. The van der Waals surface area contributed by atoms with E-state index in [9.17, 15) is 9.90 Å². The van der Waals surface area contributed by atoms with E-state index in [-0.39, 0.29) is 12.3 Å². The van der Waals surface area contributed by atoms with Gasteiger partial charge >= 0.3 is 5.97 Å². The third-order valence-electron chi connectivity index (χ3n) is 5.48. The second-order valence-electron chi connectivity index (χ2n) is 9.62. The van der Waals surface area contributed by atoms with Gasteiger partial charge in [-0.1, -0.05) is 51.2 Å². The number of carbonyl (C=O) groups is 1. The molecule has 4 nitrogen and oxygen atoms in total. The van der Waals surface area contributed by atoms with Gasteiger partial charge in [0.15, 0.2) is 0 Å². The summed E-state index contributed by atoms with van der Waals surface area (Å²) in [5, 5.41) is 16.1. The Morgan fingerprint density at radius 3 is 2.44 bits per heavy atom. The van der Waals surface area contributed by atoms with Crippen LogP contribution in [0.25, 0.3) is 0 Å². The maximum Gasteiger partial charge on any atom is 0.303 e. The molecule has 1 N–H and O–H groups in total. The van der Waals surface area contributed by atoms with E-state index in [2.05, 4.69) is 39.2 Å². The zero-order valence-electron chi connectivity index (χ0n) is 18.7. The zero-order chi connectivity index (χ0) is 20.6. The lowest BCUT2D eigenvalue weighted by Crippen LogP contribution is -2.31. The molecule has 0 heterocycles. The van der Waals surface area contributed by atoms with Crippen molar-refractivity contribution in [2.24, 2.45) is 22.9 Å². The monoisotopic (exact) mass is 394 g/mol. The van der Waals surface area contributed by atoms with Crippen LogP contribution < -0.4 is 0 Å². The number of nitrogens with zero attached hydrogens (tertiary/aromatic N) is 2. The number of hydrogen-bond acceptors (Lipinski definition) is 3. The van der Waals surface area contributed by atoms with Gasteiger partial charge in [-0.15, -0.1) is 0 Å². The highest BCUT2D eigenvalue weighted by Crippen LogP contribution is 2.43. The fourth-order valence-corrected chi connectivity index (χ4v) is 5.73. The number of unbranched alkanes of at least 4 members (excludes halogenated alkanes) is 1. The molecule has 0 radical (unpaired) electrons. The highest BCUT2D eigenvalue weighted by molar-refractivity contribution is 6.81. The summed E-state index contributed by atoms with van der Waals surface area (Å²) in [6.45, 7) is 11.6. The molecule has 1 aliphatic carbocycles. The van der Waals surface area contributed by atoms with Crippen LogP contribution in [0.4, 0.5) is 0 Å². The molecular formula is C22H42N2O2Si. The summed E-state index contributed by atoms with van der Waals surface area (Å²) in [6, 6.07) is 0. The summed E-state index contributed by atoms with van der Waals surface area (Å²) >= 11 is 0. The van der Waals surface area contributed by atoms with E-state index in [4.69, 9.17) is 5.10 Å². The predicted molar refractivity (Wildman–Crippen MR) is 119 cm³/mol. The first-order chi connectivity index (χ1) is 12.5. The standard InChI is InChI=1S/C22H42N2O2Si/c1-8-9-10-19(23-24(3)4)13-14-20-17(2)11-12-18(15-22(25)26)21(20)16-27(5,6)7/h16-18,20H,8-15H2,1-7H3,(H,25,26)/b21-16-,23-19+/t17-,18+,20+/m1/s1. The molecule has 1 fully saturated rings. The number of carboxylic acids is 1. The van der Waals surface area contributed by atoms with E-state index >= 15 is 0 Å². The highest BCUT2D eigenvalue weighted by atomic mass is 28.3. The van der Waals surface area contributed by atoms with Crippen LogP contribution in [0.2, 0.25) is 19.6 Å². The molecule has 1 rings (SSSR count). The van der Waals surface area contributed by atoms with Crippen molar-refractivity contribution in [1.29, 1.82) is 0 Å². The molecule has 156 valence electrons. The molecule has 0 saturated heterocycles. The number of allylic oxidation sites excluding steroid dienone is 1. The minimum absolute atomic E-state index is 0.223. The Hall–Kier alpha value is -1.10. The summed E-state index contributed by atoms with van der Waals surface area (Å²) in [6.07, 6.45) is 8.02. The Bertz CT molecular complexity index is 535. The summed E-state index contributed by atoms with van der Waals surface area (Å²) in [4.78, 5) is 11.4. The van der Waals surface area contributed by atoms with Crippen molar-refractivity contribution in [3.63, 3.8) is 0 Å². The average Bonchev–Trinajstić information content (AvgIpc) is 2.52. The maximum atomic E-state index is 11.4. The van der Waals surface area contributed by atoms with Crippen molar-refractivity contribution in [3.8, 4) is 0 Å². The Labute approximate surface area is 168 Å². The molecule has 5 heteroatoms. The van der Waals surface area contributed by atoms with Crippen molar-refractivity contribution >= 4 is 19.8 Å². The summed E-state index contributed by atoms with van der Waals surface area (Å²) in [7, 11) is 2.58. The zero-order valence-corrected chi connectivity index (χ0v) is 19.7. The molecule has 1 aliphatic rings. The number of hydrogen-bond donors (Lipinski definition) is 1. The van der Waals surface area contributed by atoms with Gasteiger partial charge in [-0.25, -0.2) is 0 Å². The Kier molecular flexibility index (Phi) is 9.78. The fourth-order valence-electron chi connectivity index (χ4n) is 4.28. The van der Waals surface area contributed by atoms with E-state index in [1.165, 1.54) is 24.1 Å². The first-order valence-electron chi connectivity index (χ1n) is 10.7. The van der Waals surface area contributed by atoms with Gasteiger partial charge in [0.2, 0.25) is 0 Å². The van der Waals surface area contributed by atoms with Crippen molar-refractivity contribution in [2.75, 3.05) is 14.1 Å². The van der Waals surface area contributed by atoms with Gasteiger partial charge in [-0.05, 0) is 56.3 Å². The van der Waals surface area contributed by atoms with Crippen LogP contribution in [0.3, 0.4) is 0 Å². The molecule has 0 aromatic rings. The first kappa shape index (κ1) is 23.9. The topological polar surface area (TPSA) is 52.9 Å². The van der Waals surface area contributed by atoms with Crippen LogP contribution >= 0.6 is 0 Å². The molecule has 0 aromatic carbocycles. The van der Waals surface area contributed by atoms with Gasteiger partial charge < -0.3 is 10.1 Å². The number of aliphatic carboxylic acids is 1.